The lowest BCUT2D eigenvalue weighted by Crippen LogP contribution is -1.87. The van der Waals surface area contributed by atoms with E-state index in [1.165, 1.54) is 5.39 Å². The van der Waals surface area contributed by atoms with Crippen molar-refractivity contribution in [2.45, 2.75) is 0 Å². The molecule has 15 heavy (non-hydrogen) atoms. The van der Waals surface area contributed by atoms with Gasteiger partial charge in [-0.3, -0.25) is 4.68 Å². The summed E-state index contributed by atoms with van der Waals surface area (Å²) < 4.78 is 1.71. The van der Waals surface area contributed by atoms with Crippen LogP contribution in [0.4, 0.5) is 0 Å². The summed E-state index contributed by atoms with van der Waals surface area (Å²) in [6.07, 6.45) is 3.64. The molecule has 0 aliphatic heterocycles. The summed E-state index contributed by atoms with van der Waals surface area (Å²) in [5, 5.41) is 5.45. The average Bonchev–Trinajstić information content (AvgIpc) is 2.84. The minimum absolute atomic E-state index is 0.764. The molecule has 0 radical (unpaired) electrons. The van der Waals surface area contributed by atoms with Crippen molar-refractivity contribution in [1.82, 2.24) is 19.7 Å². The van der Waals surface area contributed by atoms with Crippen LogP contribution in [0.5, 0.6) is 0 Å². The lowest BCUT2D eigenvalue weighted by molar-refractivity contribution is 0.768. The van der Waals surface area contributed by atoms with Gasteiger partial charge in [-0.2, -0.15) is 5.10 Å². The van der Waals surface area contributed by atoms with E-state index in [2.05, 4.69) is 21.1 Å². The third kappa shape index (κ3) is 1.30. The normalized spacial score (nSPS) is 11.0. The fourth-order valence-electron chi connectivity index (χ4n) is 1.66. The molecule has 0 spiro atoms. The first-order chi connectivity index (χ1) is 7.33. The van der Waals surface area contributed by atoms with Gasteiger partial charge < -0.3 is 4.98 Å². The van der Waals surface area contributed by atoms with Crippen molar-refractivity contribution < 1.29 is 0 Å². The maximum absolute atomic E-state index is 4.27. The van der Waals surface area contributed by atoms with E-state index in [0.29, 0.717) is 0 Å². The second kappa shape index (κ2) is 2.95. The molecule has 0 atom stereocenters. The number of nitrogens with one attached hydrogen (secondary N) is 1. The number of nitrogens with zero attached hydrogens (tertiary/aromatic N) is 3. The fraction of sp³-hybridized carbons (Fsp3) is 0.0909. The Morgan fingerprint density at radius 2 is 2.20 bits per heavy atom. The van der Waals surface area contributed by atoms with Gasteiger partial charge in [-0.25, -0.2) is 4.98 Å². The van der Waals surface area contributed by atoms with Gasteiger partial charge in [-0.05, 0) is 24.3 Å². The zero-order valence-corrected chi connectivity index (χ0v) is 8.31. The first-order valence-corrected chi connectivity index (χ1v) is 4.76. The van der Waals surface area contributed by atoms with Crippen LogP contribution in [0.15, 0.2) is 36.8 Å². The lowest BCUT2D eigenvalue weighted by atomic mass is 10.1. The summed E-state index contributed by atoms with van der Waals surface area (Å²) in [7, 11) is 1.87. The van der Waals surface area contributed by atoms with Gasteiger partial charge in [-0.1, -0.05) is 0 Å². The Bertz CT molecular complexity index is 606. The quantitative estimate of drug-likeness (QED) is 0.649. The Labute approximate surface area is 86.6 Å². The molecule has 0 fully saturated rings. The molecule has 2 heterocycles. The Hall–Kier alpha value is -2.10. The number of benzene rings is 1. The fourth-order valence-corrected chi connectivity index (χ4v) is 1.66. The number of hydrogen-bond donors (Lipinski definition) is 1. The Morgan fingerprint density at radius 3 is 3.00 bits per heavy atom. The summed E-state index contributed by atoms with van der Waals surface area (Å²) >= 11 is 0. The molecule has 2 aromatic heterocycles. The first kappa shape index (κ1) is 8.23. The van der Waals surface area contributed by atoms with E-state index in [1.807, 2.05) is 31.4 Å². The molecule has 1 N–H and O–H groups in total. The van der Waals surface area contributed by atoms with Crippen LogP contribution >= 0.6 is 0 Å². The van der Waals surface area contributed by atoms with E-state index in [4.69, 9.17) is 0 Å². The highest BCUT2D eigenvalue weighted by molar-refractivity contribution is 5.83. The van der Waals surface area contributed by atoms with Crippen molar-refractivity contribution in [3.63, 3.8) is 0 Å². The smallest absolute Gasteiger partial charge is 0.181 e. The van der Waals surface area contributed by atoms with Crippen LogP contribution in [0.25, 0.3) is 22.3 Å². The molecule has 4 nitrogen and oxygen atoms in total. The van der Waals surface area contributed by atoms with E-state index in [9.17, 15) is 0 Å². The van der Waals surface area contributed by atoms with Gasteiger partial charge in [0, 0.05) is 29.7 Å². The molecule has 1 aromatic carbocycles. The molecule has 0 unspecified atom stereocenters. The number of H-pyrrole nitrogens is 1. The van der Waals surface area contributed by atoms with Gasteiger partial charge in [0.2, 0.25) is 0 Å². The van der Waals surface area contributed by atoms with E-state index in [1.54, 1.807) is 11.0 Å². The molecule has 0 amide bonds. The van der Waals surface area contributed by atoms with E-state index < -0.39 is 0 Å². The van der Waals surface area contributed by atoms with E-state index in [0.717, 1.165) is 16.9 Å². The van der Waals surface area contributed by atoms with Crippen LogP contribution in [0, 0.1) is 0 Å². The van der Waals surface area contributed by atoms with Gasteiger partial charge in [0.05, 0.1) is 0 Å². The Balaban J connectivity index is 2.18. The van der Waals surface area contributed by atoms with Gasteiger partial charge >= 0.3 is 0 Å². The van der Waals surface area contributed by atoms with Crippen LogP contribution in [0.3, 0.4) is 0 Å². The van der Waals surface area contributed by atoms with Crippen LogP contribution < -0.4 is 0 Å². The number of aryl methyl sites for hydroxylation is 1. The van der Waals surface area contributed by atoms with Crippen molar-refractivity contribution in [2.24, 2.45) is 7.05 Å². The molecular weight excluding hydrogens is 188 g/mol. The molecule has 0 aliphatic carbocycles. The standard InChI is InChI=1S/C11H10N4/c1-15-7-13-11(14-15)9-2-3-10-8(6-9)4-5-12-10/h2-7,12H,1H3. The van der Waals surface area contributed by atoms with E-state index in [-0.39, 0.29) is 0 Å². The molecule has 0 saturated carbocycles. The van der Waals surface area contributed by atoms with Crippen molar-refractivity contribution in [2.75, 3.05) is 0 Å². The molecule has 0 bridgehead atoms. The molecule has 3 aromatic rings. The van der Waals surface area contributed by atoms with Crippen molar-refractivity contribution in [3.8, 4) is 11.4 Å². The molecule has 3 rings (SSSR count). The monoisotopic (exact) mass is 198 g/mol. The molecule has 0 saturated heterocycles. The minimum Gasteiger partial charge on any atom is -0.361 e. The number of rotatable bonds is 1. The zero-order chi connectivity index (χ0) is 10.3. The lowest BCUT2D eigenvalue weighted by Gasteiger charge is -1.95. The highest BCUT2D eigenvalue weighted by Crippen LogP contribution is 2.20. The number of hydrogen-bond acceptors (Lipinski definition) is 2. The third-order valence-corrected chi connectivity index (χ3v) is 2.41. The highest BCUT2D eigenvalue weighted by Gasteiger charge is 2.03. The van der Waals surface area contributed by atoms with Crippen molar-refractivity contribution in [1.29, 1.82) is 0 Å². The van der Waals surface area contributed by atoms with Crippen molar-refractivity contribution >= 4 is 10.9 Å². The van der Waals surface area contributed by atoms with Crippen LogP contribution in [0.2, 0.25) is 0 Å². The summed E-state index contributed by atoms with van der Waals surface area (Å²) in [4.78, 5) is 7.38. The molecule has 74 valence electrons. The third-order valence-electron chi connectivity index (χ3n) is 2.41. The van der Waals surface area contributed by atoms with E-state index >= 15 is 0 Å². The second-order valence-electron chi connectivity index (χ2n) is 3.52. The summed E-state index contributed by atoms with van der Waals surface area (Å²) in [5.41, 5.74) is 2.18. The highest BCUT2D eigenvalue weighted by atomic mass is 15.3. The molecule has 0 aliphatic rings. The largest absolute Gasteiger partial charge is 0.361 e. The van der Waals surface area contributed by atoms with Gasteiger partial charge in [0.1, 0.15) is 6.33 Å². The van der Waals surface area contributed by atoms with Gasteiger partial charge in [-0.15, -0.1) is 0 Å². The number of fused-ring (bicyclic) bond motifs is 1. The number of aromatic nitrogens is 4. The van der Waals surface area contributed by atoms with Gasteiger partial charge in [0.25, 0.3) is 0 Å². The Kier molecular flexibility index (Phi) is 1.62. The van der Waals surface area contributed by atoms with Crippen molar-refractivity contribution in [3.05, 3.63) is 36.8 Å². The maximum Gasteiger partial charge on any atom is 0.181 e. The predicted octanol–water partition coefficient (Wildman–Crippen LogP) is 1.96. The SMILES string of the molecule is Cn1cnc(-c2ccc3[nH]ccc3c2)n1. The predicted molar refractivity (Wildman–Crippen MR) is 58.3 cm³/mol. The topological polar surface area (TPSA) is 46.5 Å². The summed E-state index contributed by atoms with van der Waals surface area (Å²) in [6, 6.07) is 8.19. The minimum atomic E-state index is 0.764. The summed E-state index contributed by atoms with van der Waals surface area (Å²) in [5.74, 6) is 0.764. The van der Waals surface area contributed by atoms with Gasteiger partial charge in [0.15, 0.2) is 5.82 Å². The molecular formula is C11H10N4. The van der Waals surface area contributed by atoms with Crippen LogP contribution in [0.1, 0.15) is 0 Å². The zero-order valence-electron chi connectivity index (χ0n) is 8.31. The maximum atomic E-state index is 4.27. The Morgan fingerprint density at radius 1 is 1.27 bits per heavy atom. The van der Waals surface area contributed by atoms with Crippen LogP contribution in [-0.2, 0) is 7.05 Å². The molecule has 4 heteroatoms. The average molecular weight is 198 g/mol. The summed E-state index contributed by atoms with van der Waals surface area (Å²) in [6.45, 7) is 0. The van der Waals surface area contributed by atoms with Crippen LogP contribution in [-0.4, -0.2) is 19.7 Å². The second-order valence-corrected chi connectivity index (χ2v) is 3.52. The number of aromatic amines is 1. The first-order valence-electron chi connectivity index (χ1n) is 4.76.